The van der Waals surface area contributed by atoms with Gasteiger partial charge in [0.05, 0.1) is 5.02 Å². The van der Waals surface area contributed by atoms with Crippen molar-refractivity contribution < 1.29 is 14.3 Å². The maximum absolute atomic E-state index is 12.3. The highest BCUT2D eigenvalue weighted by Crippen LogP contribution is 2.20. The SMILES string of the molecule is CC(C)(C)OC(=O)N1CCC(NC(=O)c2ccc(Cl)c(I)c2)CC1. The third-order valence-corrected chi connectivity index (χ3v) is 5.20. The molecule has 5 nitrogen and oxygen atoms in total. The minimum absolute atomic E-state index is 0.0597. The second kappa shape index (κ2) is 7.91. The molecule has 1 saturated heterocycles. The van der Waals surface area contributed by atoms with Gasteiger partial charge in [-0.15, -0.1) is 0 Å². The van der Waals surface area contributed by atoms with Crippen LogP contribution in [0.15, 0.2) is 18.2 Å². The number of carbonyl (C=O) groups is 2. The summed E-state index contributed by atoms with van der Waals surface area (Å²) >= 11 is 8.08. The molecule has 1 aliphatic heterocycles. The van der Waals surface area contributed by atoms with Gasteiger partial charge in [-0.1, -0.05) is 11.6 Å². The first-order chi connectivity index (χ1) is 11.2. The number of nitrogens with one attached hydrogen (secondary N) is 1. The van der Waals surface area contributed by atoms with E-state index in [9.17, 15) is 9.59 Å². The van der Waals surface area contributed by atoms with Gasteiger partial charge in [0.25, 0.3) is 5.91 Å². The van der Waals surface area contributed by atoms with Crippen LogP contribution in [0.1, 0.15) is 44.0 Å². The largest absolute Gasteiger partial charge is 0.444 e. The van der Waals surface area contributed by atoms with Crippen LogP contribution in [-0.4, -0.2) is 41.6 Å². The van der Waals surface area contributed by atoms with Crippen molar-refractivity contribution in [1.29, 1.82) is 0 Å². The molecule has 132 valence electrons. The zero-order chi connectivity index (χ0) is 17.9. The molecule has 1 aliphatic rings. The van der Waals surface area contributed by atoms with E-state index in [1.54, 1.807) is 23.1 Å². The van der Waals surface area contributed by atoms with Gasteiger partial charge in [0, 0.05) is 28.3 Å². The van der Waals surface area contributed by atoms with Crippen LogP contribution in [-0.2, 0) is 4.74 Å². The van der Waals surface area contributed by atoms with Gasteiger partial charge in [-0.05, 0) is 74.4 Å². The molecule has 1 N–H and O–H groups in total. The lowest BCUT2D eigenvalue weighted by Gasteiger charge is -2.33. The van der Waals surface area contributed by atoms with Gasteiger partial charge < -0.3 is 15.0 Å². The van der Waals surface area contributed by atoms with Crippen molar-refractivity contribution in [2.75, 3.05) is 13.1 Å². The highest BCUT2D eigenvalue weighted by molar-refractivity contribution is 14.1. The number of hydrogen-bond donors (Lipinski definition) is 1. The van der Waals surface area contributed by atoms with Crippen molar-refractivity contribution in [3.05, 3.63) is 32.4 Å². The lowest BCUT2D eigenvalue weighted by Crippen LogP contribution is -2.47. The van der Waals surface area contributed by atoms with Crippen LogP contribution < -0.4 is 5.32 Å². The second-order valence-corrected chi connectivity index (χ2v) is 8.41. The average Bonchev–Trinajstić information content (AvgIpc) is 2.49. The summed E-state index contributed by atoms with van der Waals surface area (Å²) in [7, 11) is 0. The quantitative estimate of drug-likeness (QED) is 0.671. The van der Waals surface area contributed by atoms with Gasteiger partial charge in [-0.25, -0.2) is 4.79 Å². The number of halogens is 2. The number of hydrogen-bond acceptors (Lipinski definition) is 3. The average molecular weight is 465 g/mol. The summed E-state index contributed by atoms with van der Waals surface area (Å²) in [6.45, 7) is 6.72. The molecule has 0 aromatic heterocycles. The summed E-state index contributed by atoms with van der Waals surface area (Å²) in [5.74, 6) is -0.111. The number of ether oxygens (including phenoxy) is 1. The third-order valence-electron chi connectivity index (χ3n) is 3.66. The van der Waals surface area contributed by atoms with Gasteiger partial charge in [-0.3, -0.25) is 4.79 Å². The second-order valence-electron chi connectivity index (χ2n) is 6.84. The first kappa shape index (κ1) is 19.3. The number of likely N-dealkylation sites (tertiary alicyclic amines) is 1. The van der Waals surface area contributed by atoms with Crippen molar-refractivity contribution in [2.24, 2.45) is 0 Å². The Morgan fingerprint density at radius 1 is 1.29 bits per heavy atom. The molecule has 0 bridgehead atoms. The molecule has 1 aromatic carbocycles. The van der Waals surface area contributed by atoms with Crippen molar-refractivity contribution in [3.8, 4) is 0 Å². The molecule has 2 rings (SSSR count). The molecule has 0 saturated carbocycles. The molecule has 0 radical (unpaired) electrons. The first-order valence-electron chi connectivity index (χ1n) is 7.89. The molecule has 0 aliphatic carbocycles. The topological polar surface area (TPSA) is 58.6 Å². The Bertz CT molecular complexity index is 623. The Hall–Kier alpha value is -1.02. The normalized spacial score (nSPS) is 16.0. The zero-order valence-corrected chi connectivity index (χ0v) is 17.0. The Morgan fingerprint density at radius 3 is 2.46 bits per heavy atom. The van der Waals surface area contributed by atoms with E-state index in [1.807, 2.05) is 20.8 Å². The first-order valence-corrected chi connectivity index (χ1v) is 9.35. The van der Waals surface area contributed by atoms with E-state index in [1.165, 1.54) is 0 Å². The predicted octanol–water partition coefficient (Wildman–Crippen LogP) is 4.07. The van der Waals surface area contributed by atoms with Crippen molar-refractivity contribution in [1.82, 2.24) is 10.2 Å². The van der Waals surface area contributed by atoms with Gasteiger partial charge in [0.15, 0.2) is 0 Å². The highest BCUT2D eigenvalue weighted by Gasteiger charge is 2.27. The smallest absolute Gasteiger partial charge is 0.410 e. The van der Waals surface area contributed by atoms with E-state index in [2.05, 4.69) is 27.9 Å². The van der Waals surface area contributed by atoms with Gasteiger partial charge >= 0.3 is 6.09 Å². The predicted molar refractivity (Wildman–Crippen MR) is 102 cm³/mol. The van der Waals surface area contributed by atoms with Gasteiger partial charge in [-0.2, -0.15) is 0 Å². The molecular formula is C17H22ClIN2O3. The lowest BCUT2D eigenvalue weighted by atomic mass is 10.0. The van der Waals surface area contributed by atoms with E-state index >= 15 is 0 Å². The van der Waals surface area contributed by atoms with Crippen LogP contribution in [0.5, 0.6) is 0 Å². The fraction of sp³-hybridized carbons (Fsp3) is 0.529. The maximum Gasteiger partial charge on any atom is 0.410 e. The summed E-state index contributed by atoms with van der Waals surface area (Å²) in [6, 6.07) is 5.28. The minimum Gasteiger partial charge on any atom is -0.444 e. The lowest BCUT2D eigenvalue weighted by molar-refractivity contribution is 0.0199. The number of amides is 2. The fourth-order valence-electron chi connectivity index (χ4n) is 2.44. The Morgan fingerprint density at radius 2 is 1.92 bits per heavy atom. The van der Waals surface area contributed by atoms with Crippen LogP contribution in [0.3, 0.4) is 0 Å². The summed E-state index contributed by atoms with van der Waals surface area (Å²) in [4.78, 5) is 26.0. The number of nitrogens with zero attached hydrogens (tertiary/aromatic N) is 1. The minimum atomic E-state index is -0.492. The number of piperidine rings is 1. The van der Waals surface area contributed by atoms with E-state index in [0.717, 1.165) is 16.4 Å². The Labute approximate surface area is 161 Å². The molecule has 0 unspecified atom stereocenters. The van der Waals surface area contributed by atoms with Gasteiger partial charge in [0.1, 0.15) is 5.60 Å². The molecular weight excluding hydrogens is 443 g/mol. The van der Waals surface area contributed by atoms with E-state index in [4.69, 9.17) is 16.3 Å². The summed E-state index contributed by atoms with van der Waals surface area (Å²) in [5, 5.41) is 3.66. The number of carbonyl (C=O) groups excluding carboxylic acids is 2. The van der Waals surface area contributed by atoms with Crippen LogP contribution >= 0.6 is 34.2 Å². The third kappa shape index (κ3) is 5.51. The van der Waals surface area contributed by atoms with E-state index in [-0.39, 0.29) is 18.0 Å². The Kier molecular flexibility index (Phi) is 6.36. The fourth-order valence-corrected chi connectivity index (χ4v) is 3.07. The van der Waals surface area contributed by atoms with E-state index < -0.39 is 5.60 Å². The monoisotopic (exact) mass is 464 g/mol. The van der Waals surface area contributed by atoms with Gasteiger partial charge in [0.2, 0.25) is 0 Å². The molecule has 2 amide bonds. The molecule has 0 atom stereocenters. The van der Waals surface area contributed by atoms with E-state index in [0.29, 0.717) is 23.7 Å². The maximum atomic E-state index is 12.3. The van der Waals surface area contributed by atoms with Crippen molar-refractivity contribution >= 4 is 46.2 Å². The summed E-state index contributed by atoms with van der Waals surface area (Å²) in [5.41, 5.74) is 0.104. The number of benzene rings is 1. The molecule has 24 heavy (non-hydrogen) atoms. The van der Waals surface area contributed by atoms with Crippen LogP contribution in [0.2, 0.25) is 5.02 Å². The molecule has 7 heteroatoms. The van der Waals surface area contributed by atoms with Crippen LogP contribution in [0, 0.1) is 3.57 Å². The zero-order valence-electron chi connectivity index (χ0n) is 14.1. The molecule has 1 fully saturated rings. The van der Waals surface area contributed by atoms with Crippen molar-refractivity contribution in [3.63, 3.8) is 0 Å². The standard InChI is InChI=1S/C17H22ClIN2O3/c1-17(2,3)24-16(23)21-8-6-12(7-9-21)20-15(22)11-4-5-13(18)14(19)10-11/h4-5,10,12H,6-9H2,1-3H3,(H,20,22). The summed E-state index contributed by atoms with van der Waals surface area (Å²) < 4.78 is 6.22. The Balaban J connectivity index is 1.85. The molecule has 0 spiro atoms. The highest BCUT2D eigenvalue weighted by atomic mass is 127. The molecule has 1 heterocycles. The number of rotatable bonds is 2. The molecule has 1 aromatic rings. The summed E-state index contributed by atoms with van der Waals surface area (Å²) in [6.07, 6.45) is 1.14. The van der Waals surface area contributed by atoms with Crippen LogP contribution in [0.25, 0.3) is 0 Å². The van der Waals surface area contributed by atoms with Crippen LogP contribution in [0.4, 0.5) is 4.79 Å². The van der Waals surface area contributed by atoms with Crippen molar-refractivity contribution in [2.45, 2.75) is 45.3 Å².